The molecule has 1 aliphatic rings. The summed E-state index contributed by atoms with van der Waals surface area (Å²) in [5.41, 5.74) is 1.05. The number of ketones is 1. The third-order valence-electron chi connectivity index (χ3n) is 5.51. The van der Waals surface area contributed by atoms with Crippen molar-refractivity contribution >= 4 is 17.4 Å². The van der Waals surface area contributed by atoms with Crippen molar-refractivity contribution in [2.75, 3.05) is 34.5 Å². The van der Waals surface area contributed by atoms with E-state index in [1.807, 2.05) is 13.8 Å². The number of methoxy groups -OCH3 is 3. The summed E-state index contributed by atoms with van der Waals surface area (Å²) in [6.45, 7) is 4.55. The molecule has 0 radical (unpaired) electrons. The van der Waals surface area contributed by atoms with Crippen molar-refractivity contribution in [3.63, 3.8) is 0 Å². The standard InChI is InChI=1S/C26H31NO7/c1-16(2)34-19-10-7-17(8-11-19)24(28)22-23(18-9-12-20(32-4)21(15-18)33-5)27(13-6-14-31-3)26(30)25(22)29/h7-12,15-16,23,28H,6,13-14H2,1-5H3/b24-22+. The van der Waals surface area contributed by atoms with Gasteiger partial charge in [0, 0.05) is 25.8 Å². The number of likely N-dealkylation sites (tertiary alicyclic amines) is 1. The van der Waals surface area contributed by atoms with Crippen LogP contribution in [0, 0.1) is 0 Å². The number of aliphatic hydroxyl groups is 1. The molecule has 1 amide bonds. The predicted molar refractivity (Wildman–Crippen MR) is 127 cm³/mol. The lowest BCUT2D eigenvalue weighted by molar-refractivity contribution is -0.140. The van der Waals surface area contributed by atoms with Crippen LogP contribution in [0.2, 0.25) is 0 Å². The van der Waals surface area contributed by atoms with Gasteiger partial charge >= 0.3 is 0 Å². The van der Waals surface area contributed by atoms with Gasteiger partial charge in [-0.15, -0.1) is 0 Å². The van der Waals surface area contributed by atoms with E-state index in [0.29, 0.717) is 41.4 Å². The van der Waals surface area contributed by atoms with Gasteiger partial charge in [0.25, 0.3) is 11.7 Å². The smallest absolute Gasteiger partial charge is 0.295 e. The maximum absolute atomic E-state index is 13.1. The number of benzene rings is 2. The number of hydrogen-bond donors (Lipinski definition) is 1. The normalized spacial score (nSPS) is 17.4. The number of rotatable bonds is 10. The third-order valence-corrected chi connectivity index (χ3v) is 5.51. The zero-order valence-electron chi connectivity index (χ0n) is 20.2. The Morgan fingerprint density at radius 3 is 2.26 bits per heavy atom. The van der Waals surface area contributed by atoms with Crippen molar-refractivity contribution in [3.05, 3.63) is 59.2 Å². The first-order valence-electron chi connectivity index (χ1n) is 11.1. The molecule has 34 heavy (non-hydrogen) atoms. The molecule has 1 fully saturated rings. The van der Waals surface area contributed by atoms with Crippen LogP contribution < -0.4 is 14.2 Å². The lowest BCUT2D eigenvalue weighted by Gasteiger charge is -2.26. The Morgan fingerprint density at radius 1 is 1.00 bits per heavy atom. The minimum Gasteiger partial charge on any atom is -0.507 e. The second-order valence-corrected chi connectivity index (χ2v) is 8.14. The van der Waals surface area contributed by atoms with Gasteiger partial charge in [0.05, 0.1) is 31.9 Å². The van der Waals surface area contributed by atoms with Crippen molar-refractivity contribution in [1.82, 2.24) is 4.90 Å². The minimum absolute atomic E-state index is 0.00178. The largest absolute Gasteiger partial charge is 0.507 e. The van der Waals surface area contributed by atoms with Gasteiger partial charge in [0.15, 0.2) is 11.5 Å². The van der Waals surface area contributed by atoms with Gasteiger partial charge in [-0.1, -0.05) is 6.07 Å². The molecule has 2 aromatic carbocycles. The third kappa shape index (κ3) is 5.17. The fourth-order valence-electron chi connectivity index (χ4n) is 3.98. The number of ether oxygens (including phenoxy) is 4. The molecule has 1 unspecified atom stereocenters. The zero-order valence-corrected chi connectivity index (χ0v) is 20.2. The van der Waals surface area contributed by atoms with Crippen LogP contribution in [-0.2, 0) is 14.3 Å². The summed E-state index contributed by atoms with van der Waals surface area (Å²) in [5, 5.41) is 11.2. The molecule has 8 heteroatoms. The highest BCUT2D eigenvalue weighted by molar-refractivity contribution is 6.46. The molecule has 182 valence electrons. The van der Waals surface area contributed by atoms with Crippen LogP contribution in [0.5, 0.6) is 17.2 Å². The molecule has 0 bridgehead atoms. The van der Waals surface area contributed by atoms with E-state index in [1.54, 1.807) is 49.6 Å². The summed E-state index contributed by atoms with van der Waals surface area (Å²) in [6.07, 6.45) is 0.538. The summed E-state index contributed by atoms with van der Waals surface area (Å²) in [6, 6.07) is 11.2. The predicted octanol–water partition coefficient (Wildman–Crippen LogP) is 3.95. The summed E-state index contributed by atoms with van der Waals surface area (Å²) in [4.78, 5) is 27.6. The van der Waals surface area contributed by atoms with E-state index in [0.717, 1.165) is 0 Å². The Bertz CT molecular complexity index is 1060. The highest BCUT2D eigenvalue weighted by atomic mass is 16.5. The van der Waals surface area contributed by atoms with Gasteiger partial charge in [0.2, 0.25) is 0 Å². The molecule has 1 aliphatic heterocycles. The van der Waals surface area contributed by atoms with Crippen molar-refractivity contribution < 1.29 is 33.6 Å². The van der Waals surface area contributed by atoms with Gasteiger partial charge in [-0.25, -0.2) is 0 Å². The molecule has 0 aromatic heterocycles. The summed E-state index contributed by atoms with van der Waals surface area (Å²) in [7, 11) is 4.62. The molecule has 8 nitrogen and oxygen atoms in total. The second-order valence-electron chi connectivity index (χ2n) is 8.14. The number of nitrogens with zero attached hydrogens (tertiary/aromatic N) is 1. The van der Waals surface area contributed by atoms with Crippen LogP contribution in [0.1, 0.15) is 37.4 Å². The summed E-state index contributed by atoms with van der Waals surface area (Å²) >= 11 is 0. The first kappa shape index (κ1) is 25.1. The monoisotopic (exact) mass is 469 g/mol. The van der Waals surface area contributed by atoms with E-state index < -0.39 is 17.7 Å². The van der Waals surface area contributed by atoms with Crippen molar-refractivity contribution in [2.24, 2.45) is 0 Å². The Hall–Kier alpha value is -3.52. The molecule has 0 aliphatic carbocycles. The summed E-state index contributed by atoms with van der Waals surface area (Å²) in [5.74, 6) is -0.0399. The van der Waals surface area contributed by atoms with Crippen molar-refractivity contribution in [2.45, 2.75) is 32.4 Å². The Labute approximate surface area is 199 Å². The van der Waals surface area contributed by atoms with Crippen LogP contribution in [0.25, 0.3) is 5.76 Å². The molecule has 0 saturated carbocycles. The molecular weight excluding hydrogens is 438 g/mol. The Kier molecular flexibility index (Phi) is 8.17. The van der Waals surface area contributed by atoms with Crippen molar-refractivity contribution in [1.29, 1.82) is 0 Å². The fourth-order valence-corrected chi connectivity index (χ4v) is 3.98. The highest BCUT2D eigenvalue weighted by Gasteiger charge is 2.46. The molecule has 0 spiro atoms. The molecular formula is C26H31NO7. The van der Waals surface area contributed by atoms with Gasteiger partial charge in [-0.3, -0.25) is 9.59 Å². The second kappa shape index (κ2) is 11.1. The van der Waals surface area contributed by atoms with Crippen LogP contribution in [0.15, 0.2) is 48.0 Å². The molecule has 2 aromatic rings. The van der Waals surface area contributed by atoms with E-state index in [4.69, 9.17) is 18.9 Å². The van der Waals surface area contributed by atoms with E-state index in [-0.39, 0.29) is 24.0 Å². The molecule has 1 saturated heterocycles. The quantitative estimate of drug-likeness (QED) is 0.244. The highest BCUT2D eigenvalue weighted by Crippen LogP contribution is 2.42. The van der Waals surface area contributed by atoms with E-state index in [2.05, 4.69) is 0 Å². The zero-order chi connectivity index (χ0) is 24.8. The molecule has 3 rings (SSSR count). The van der Waals surface area contributed by atoms with Gasteiger partial charge < -0.3 is 29.0 Å². The van der Waals surface area contributed by atoms with E-state index in [9.17, 15) is 14.7 Å². The van der Waals surface area contributed by atoms with E-state index in [1.165, 1.54) is 19.1 Å². The molecule has 1 N–H and O–H groups in total. The minimum atomic E-state index is -0.789. The topological polar surface area (TPSA) is 94.5 Å². The molecule has 1 atom stereocenters. The maximum Gasteiger partial charge on any atom is 0.295 e. The van der Waals surface area contributed by atoms with Crippen LogP contribution in [-0.4, -0.2) is 62.3 Å². The lowest BCUT2D eigenvalue weighted by Crippen LogP contribution is -2.31. The Morgan fingerprint density at radius 2 is 1.68 bits per heavy atom. The SMILES string of the molecule is COCCCN1C(=O)C(=O)/C(=C(/O)c2ccc(OC(C)C)cc2)C1c1ccc(OC)c(OC)c1. The van der Waals surface area contributed by atoms with Gasteiger partial charge in [-0.2, -0.15) is 0 Å². The lowest BCUT2D eigenvalue weighted by atomic mass is 9.95. The average Bonchev–Trinajstić information content (AvgIpc) is 3.08. The number of hydrogen-bond acceptors (Lipinski definition) is 7. The number of Topliss-reactive ketones (excluding diaryl/α,β-unsaturated/α-hetero) is 1. The van der Waals surface area contributed by atoms with Gasteiger partial charge in [0.1, 0.15) is 11.5 Å². The average molecular weight is 470 g/mol. The van der Waals surface area contributed by atoms with Gasteiger partial charge in [-0.05, 0) is 62.2 Å². The van der Waals surface area contributed by atoms with Crippen LogP contribution in [0.4, 0.5) is 0 Å². The van der Waals surface area contributed by atoms with E-state index >= 15 is 0 Å². The number of carbonyl (C=O) groups excluding carboxylic acids is 2. The number of carbonyl (C=O) groups is 2. The maximum atomic E-state index is 13.1. The summed E-state index contributed by atoms with van der Waals surface area (Å²) < 4.78 is 21.5. The van der Waals surface area contributed by atoms with Crippen LogP contribution >= 0.6 is 0 Å². The van der Waals surface area contributed by atoms with Crippen molar-refractivity contribution in [3.8, 4) is 17.2 Å². The fraction of sp³-hybridized carbons (Fsp3) is 0.385. The van der Waals surface area contributed by atoms with Crippen LogP contribution in [0.3, 0.4) is 0 Å². The first-order chi connectivity index (χ1) is 16.3. The molecule has 1 heterocycles. The Balaban J connectivity index is 2.10. The number of aliphatic hydroxyl groups excluding tert-OH is 1. The number of amides is 1. The first-order valence-corrected chi connectivity index (χ1v) is 11.1.